The van der Waals surface area contributed by atoms with Crippen molar-refractivity contribution in [2.75, 3.05) is 18.5 Å². The zero-order chi connectivity index (χ0) is 11.4. The van der Waals surface area contributed by atoms with E-state index in [2.05, 4.69) is 23.3 Å². The van der Waals surface area contributed by atoms with Crippen molar-refractivity contribution in [2.45, 2.75) is 13.3 Å². The number of hydrogen-bond acceptors (Lipinski definition) is 3. The highest BCUT2D eigenvalue weighted by atomic mass is 16.3. The molecule has 0 unspecified atom stereocenters. The van der Waals surface area contributed by atoms with Crippen LogP contribution in [0.1, 0.15) is 12.0 Å². The Bertz CT molecular complexity index is 482. The Morgan fingerprint density at radius 1 is 1.31 bits per heavy atom. The largest absolute Gasteiger partial charge is 0.396 e. The SMILES string of the molecule is Cc1cc(NCCCO)nc2ccccc12. The number of fused-ring (bicyclic) bond motifs is 1. The van der Waals surface area contributed by atoms with Gasteiger partial charge in [-0.3, -0.25) is 0 Å². The molecule has 84 valence electrons. The second kappa shape index (κ2) is 4.94. The molecule has 1 aromatic heterocycles. The molecule has 0 saturated heterocycles. The van der Waals surface area contributed by atoms with E-state index in [9.17, 15) is 0 Å². The van der Waals surface area contributed by atoms with Crippen molar-refractivity contribution >= 4 is 16.7 Å². The van der Waals surface area contributed by atoms with Gasteiger partial charge < -0.3 is 10.4 Å². The van der Waals surface area contributed by atoms with Crippen LogP contribution in [0.15, 0.2) is 30.3 Å². The van der Waals surface area contributed by atoms with Crippen LogP contribution in [0, 0.1) is 6.92 Å². The predicted octanol–water partition coefficient (Wildman–Crippen LogP) is 2.34. The zero-order valence-corrected chi connectivity index (χ0v) is 9.40. The topological polar surface area (TPSA) is 45.1 Å². The van der Waals surface area contributed by atoms with Gasteiger partial charge in [-0.1, -0.05) is 18.2 Å². The molecule has 3 nitrogen and oxygen atoms in total. The Labute approximate surface area is 95.1 Å². The van der Waals surface area contributed by atoms with E-state index in [4.69, 9.17) is 5.11 Å². The fourth-order valence-corrected chi connectivity index (χ4v) is 1.74. The number of pyridine rings is 1. The summed E-state index contributed by atoms with van der Waals surface area (Å²) in [5.41, 5.74) is 2.23. The summed E-state index contributed by atoms with van der Waals surface area (Å²) in [6.45, 7) is 3.04. The highest BCUT2D eigenvalue weighted by Gasteiger charge is 2.01. The second-order valence-corrected chi connectivity index (χ2v) is 3.85. The molecule has 0 aliphatic heterocycles. The third-order valence-electron chi connectivity index (χ3n) is 2.56. The highest BCUT2D eigenvalue weighted by Crippen LogP contribution is 2.19. The molecule has 0 atom stereocenters. The first-order chi connectivity index (χ1) is 7.81. The van der Waals surface area contributed by atoms with Crippen molar-refractivity contribution in [1.29, 1.82) is 0 Å². The Morgan fingerprint density at radius 3 is 2.94 bits per heavy atom. The van der Waals surface area contributed by atoms with Crippen molar-refractivity contribution in [1.82, 2.24) is 4.98 Å². The normalized spacial score (nSPS) is 10.6. The lowest BCUT2D eigenvalue weighted by Crippen LogP contribution is -2.05. The number of nitrogens with one attached hydrogen (secondary N) is 1. The first-order valence-corrected chi connectivity index (χ1v) is 5.52. The number of anilines is 1. The summed E-state index contributed by atoms with van der Waals surface area (Å²) in [5.74, 6) is 0.879. The van der Waals surface area contributed by atoms with Gasteiger partial charge in [-0.05, 0) is 31.0 Å². The number of nitrogens with zero attached hydrogens (tertiary/aromatic N) is 1. The lowest BCUT2D eigenvalue weighted by Gasteiger charge is -2.08. The Balaban J connectivity index is 2.27. The second-order valence-electron chi connectivity index (χ2n) is 3.85. The number of benzene rings is 1. The Hall–Kier alpha value is -1.61. The minimum Gasteiger partial charge on any atom is -0.396 e. The van der Waals surface area contributed by atoms with Crippen LogP contribution >= 0.6 is 0 Å². The molecule has 0 amide bonds. The maximum Gasteiger partial charge on any atom is 0.126 e. The van der Waals surface area contributed by atoms with E-state index in [1.54, 1.807) is 0 Å². The Kier molecular flexibility index (Phi) is 3.37. The first kappa shape index (κ1) is 10.9. The van der Waals surface area contributed by atoms with Crippen molar-refractivity contribution in [3.63, 3.8) is 0 Å². The molecule has 2 aromatic rings. The third-order valence-corrected chi connectivity index (χ3v) is 2.56. The van der Waals surface area contributed by atoms with Crippen molar-refractivity contribution < 1.29 is 5.11 Å². The van der Waals surface area contributed by atoms with Crippen LogP contribution in [0.2, 0.25) is 0 Å². The first-order valence-electron chi connectivity index (χ1n) is 5.52. The maximum absolute atomic E-state index is 8.71. The summed E-state index contributed by atoms with van der Waals surface area (Å²) >= 11 is 0. The summed E-state index contributed by atoms with van der Waals surface area (Å²) in [7, 11) is 0. The van der Waals surface area contributed by atoms with Crippen LogP contribution in [0.25, 0.3) is 10.9 Å². The third kappa shape index (κ3) is 2.31. The van der Waals surface area contributed by atoms with Crippen molar-refractivity contribution in [2.24, 2.45) is 0 Å². The van der Waals surface area contributed by atoms with E-state index in [1.165, 1.54) is 10.9 Å². The van der Waals surface area contributed by atoms with Gasteiger partial charge in [0.2, 0.25) is 0 Å². The van der Waals surface area contributed by atoms with E-state index in [1.807, 2.05) is 24.3 Å². The summed E-state index contributed by atoms with van der Waals surface area (Å²) < 4.78 is 0. The van der Waals surface area contributed by atoms with Crippen LogP contribution < -0.4 is 5.32 Å². The molecule has 1 aromatic carbocycles. The number of hydrogen-bond donors (Lipinski definition) is 2. The average molecular weight is 216 g/mol. The summed E-state index contributed by atoms with van der Waals surface area (Å²) in [6, 6.07) is 10.1. The van der Waals surface area contributed by atoms with Gasteiger partial charge >= 0.3 is 0 Å². The van der Waals surface area contributed by atoms with E-state index in [-0.39, 0.29) is 6.61 Å². The molecule has 2 rings (SSSR count). The molecule has 0 spiro atoms. The number of aliphatic hydroxyl groups is 1. The quantitative estimate of drug-likeness (QED) is 0.771. The number of aliphatic hydroxyl groups excluding tert-OH is 1. The summed E-state index contributed by atoms with van der Waals surface area (Å²) in [6.07, 6.45) is 0.744. The van der Waals surface area contributed by atoms with Gasteiger partial charge in [-0.15, -0.1) is 0 Å². The standard InChI is InChI=1S/C13H16N2O/c1-10-9-13(14-7-4-8-16)15-12-6-3-2-5-11(10)12/h2-3,5-6,9,16H,4,7-8H2,1H3,(H,14,15). The van der Waals surface area contributed by atoms with Crippen molar-refractivity contribution in [3.05, 3.63) is 35.9 Å². The summed E-state index contributed by atoms with van der Waals surface area (Å²) in [5, 5.41) is 13.1. The van der Waals surface area contributed by atoms with Gasteiger partial charge in [0.1, 0.15) is 5.82 Å². The van der Waals surface area contributed by atoms with Crippen LogP contribution in [0.5, 0.6) is 0 Å². The van der Waals surface area contributed by atoms with Crippen LogP contribution in [-0.2, 0) is 0 Å². The molecule has 0 bridgehead atoms. The lowest BCUT2D eigenvalue weighted by molar-refractivity contribution is 0.292. The average Bonchev–Trinajstić information content (AvgIpc) is 2.30. The molecule has 0 radical (unpaired) electrons. The minimum absolute atomic E-state index is 0.208. The molecule has 0 saturated carbocycles. The number of rotatable bonds is 4. The van der Waals surface area contributed by atoms with Gasteiger partial charge in [0.05, 0.1) is 5.52 Å². The molecule has 0 aliphatic carbocycles. The molecular formula is C13H16N2O. The maximum atomic E-state index is 8.71. The summed E-state index contributed by atoms with van der Waals surface area (Å²) in [4.78, 5) is 4.52. The fourth-order valence-electron chi connectivity index (χ4n) is 1.74. The van der Waals surface area contributed by atoms with Crippen LogP contribution in [0.3, 0.4) is 0 Å². The predicted molar refractivity (Wildman–Crippen MR) is 66.7 cm³/mol. The number of para-hydroxylation sites is 1. The lowest BCUT2D eigenvalue weighted by atomic mass is 10.1. The van der Waals surface area contributed by atoms with Gasteiger partial charge in [0.15, 0.2) is 0 Å². The van der Waals surface area contributed by atoms with E-state index in [0.29, 0.717) is 0 Å². The van der Waals surface area contributed by atoms with Crippen LogP contribution in [0.4, 0.5) is 5.82 Å². The van der Waals surface area contributed by atoms with Crippen LogP contribution in [-0.4, -0.2) is 23.2 Å². The van der Waals surface area contributed by atoms with Gasteiger partial charge in [0.25, 0.3) is 0 Å². The van der Waals surface area contributed by atoms with E-state index >= 15 is 0 Å². The van der Waals surface area contributed by atoms with E-state index in [0.717, 1.165) is 24.3 Å². The van der Waals surface area contributed by atoms with Gasteiger partial charge in [-0.25, -0.2) is 4.98 Å². The molecule has 16 heavy (non-hydrogen) atoms. The minimum atomic E-state index is 0.208. The highest BCUT2D eigenvalue weighted by molar-refractivity contribution is 5.83. The smallest absolute Gasteiger partial charge is 0.126 e. The fraction of sp³-hybridized carbons (Fsp3) is 0.308. The van der Waals surface area contributed by atoms with Gasteiger partial charge in [-0.2, -0.15) is 0 Å². The van der Waals surface area contributed by atoms with E-state index < -0.39 is 0 Å². The van der Waals surface area contributed by atoms with Crippen molar-refractivity contribution in [3.8, 4) is 0 Å². The molecule has 0 fully saturated rings. The molecular weight excluding hydrogens is 200 g/mol. The number of aromatic nitrogens is 1. The monoisotopic (exact) mass is 216 g/mol. The van der Waals surface area contributed by atoms with Gasteiger partial charge in [0, 0.05) is 18.5 Å². The molecule has 2 N–H and O–H groups in total. The molecule has 1 heterocycles. The Morgan fingerprint density at radius 2 is 2.12 bits per heavy atom. The molecule has 3 heteroatoms. The zero-order valence-electron chi connectivity index (χ0n) is 9.40. The number of aryl methyl sites for hydroxylation is 1. The molecule has 0 aliphatic rings.